The summed E-state index contributed by atoms with van der Waals surface area (Å²) in [6, 6.07) is 16.3. The largest absolute Gasteiger partial charge is 0.507 e. The third-order valence-electron chi connectivity index (χ3n) is 13.8. The zero-order chi connectivity index (χ0) is 39.3. The number of ether oxygens (including phenoxy) is 1. The fourth-order valence-electron chi connectivity index (χ4n) is 10.8. The van der Waals surface area contributed by atoms with E-state index in [0.29, 0.717) is 60.9 Å². The van der Waals surface area contributed by atoms with E-state index in [1.807, 2.05) is 18.2 Å². The van der Waals surface area contributed by atoms with E-state index < -0.39 is 0 Å². The molecule has 1 aliphatic carbocycles. The van der Waals surface area contributed by atoms with Crippen LogP contribution in [0.25, 0.3) is 11.3 Å². The molecule has 4 aromatic rings. The van der Waals surface area contributed by atoms with Crippen molar-refractivity contribution in [2.75, 3.05) is 59.8 Å². The van der Waals surface area contributed by atoms with Gasteiger partial charge in [-0.3, -0.25) is 14.9 Å². The highest BCUT2D eigenvalue weighted by atomic mass is 16.5. The lowest BCUT2D eigenvalue weighted by Gasteiger charge is -2.42. The van der Waals surface area contributed by atoms with E-state index in [1.165, 1.54) is 24.0 Å². The van der Waals surface area contributed by atoms with E-state index >= 15 is 0 Å². The quantitative estimate of drug-likeness (QED) is 0.215. The molecule has 0 unspecified atom stereocenters. The molecule has 4 N–H and O–H groups in total. The molecule has 5 fully saturated rings. The normalized spacial score (nSPS) is 26.6. The number of aromatic nitrogens is 4. The number of rotatable bonds is 7. The number of para-hydroxylation sites is 2. The molecule has 0 spiro atoms. The summed E-state index contributed by atoms with van der Waals surface area (Å²) < 4.78 is 6.30. The molecular weight excluding hydrogens is 733 g/mol. The van der Waals surface area contributed by atoms with E-state index in [-0.39, 0.29) is 35.7 Å². The van der Waals surface area contributed by atoms with Gasteiger partial charge in [0.05, 0.1) is 23.6 Å². The SMILES string of the molecule is Nc1nnc(-c2ccccc2O)cc1N1C[C@H]2CC[C@@H](C1)N2c1ncc(C2CCN([C@H]3CC[C@H](c4cccc5c4OCCN5[C@H]4CCC(=O)NC4=O)CC3)CC2)cn1. The van der Waals surface area contributed by atoms with Gasteiger partial charge in [0.15, 0.2) is 5.82 Å². The van der Waals surface area contributed by atoms with Gasteiger partial charge in [-0.05, 0) is 118 Å². The Bertz CT molecular complexity index is 2160. The van der Waals surface area contributed by atoms with Crippen LogP contribution >= 0.6 is 0 Å². The number of nitrogen functional groups attached to an aromatic ring is 1. The van der Waals surface area contributed by atoms with Gasteiger partial charge in [0.2, 0.25) is 17.8 Å². The van der Waals surface area contributed by atoms with Gasteiger partial charge < -0.3 is 35.2 Å². The third kappa shape index (κ3) is 6.84. The summed E-state index contributed by atoms with van der Waals surface area (Å²) in [6.45, 7) is 4.97. The number of anilines is 4. The number of carbonyl (C=O) groups is 2. The molecule has 14 nitrogen and oxygen atoms in total. The maximum Gasteiger partial charge on any atom is 0.249 e. The molecule has 4 saturated heterocycles. The van der Waals surface area contributed by atoms with Gasteiger partial charge in [-0.25, -0.2) is 9.97 Å². The Morgan fingerprint density at radius 1 is 0.776 bits per heavy atom. The predicted molar refractivity (Wildman–Crippen MR) is 221 cm³/mol. The minimum atomic E-state index is -0.332. The van der Waals surface area contributed by atoms with Crippen LogP contribution in [0.1, 0.15) is 87.2 Å². The lowest BCUT2D eigenvalue weighted by molar-refractivity contribution is -0.134. The van der Waals surface area contributed by atoms with Crippen LogP contribution in [0.4, 0.5) is 23.1 Å². The van der Waals surface area contributed by atoms with Crippen LogP contribution in [-0.2, 0) is 9.59 Å². The Hall–Kier alpha value is -5.50. The molecule has 2 bridgehead atoms. The zero-order valence-electron chi connectivity index (χ0n) is 32.9. The number of amides is 2. The average molecular weight is 785 g/mol. The average Bonchev–Trinajstić information content (AvgIpc) is 3.52. The number of carbonyl (C=O) groups excluding carboxylic acids is 2. The number of phenols is 1. The number of aromatic hydroxyl groups is 1. The first-order chi connectivity index (χ1) is 28.4. The number of piperazine rings is 1. The number of hydrogen-bond donors (Lipinski definition) is 3. The molecule has 0 radical (unpaired) electrons. The number of hydrogen-bond acceptors (Lipinski definition) is 13. The van der Waals surface area contributed by atoms with Gasteiger partial charge in [-0.2, -0.15) is 0 Å². The van der Waals surface area contributed by atoms with Crippen molar-refractivity contribution in [3.63, 3.8) is 0 Å². The Kier molecular flexibility index (Phi) is 9.74. The lowest BCUT2D eigenvalue weighted by Crippen LogP contribution is -2.54. The van der Waals surface area contributed by atoms with E-state index in [9.17, 15) is 14.7 Å². The first-order valence-corrected chi connectivity index (χ1v) is 21.2. The molecule has 2 amide bonds. The van der Waals surface area contributed by atoms with Crippen LogP contribution in [0.3, 0.4) is 0 Å². The van der Waals surface area contributed by atoms with Crippen molar-refractivity contribution in [1.82, 2.24) is 30.4 Å². The molecule has 58 heavy (non-hydrogen) atoms. The van der Waals surface area contributed by atoms with Gasteiger partial charge in [-0.15, -0.1) is 10.2 Å². The first-order valence-electron chi connectivity index (χ1n) is 21.2. The summed E-state index contributed by atoms with van der Waals surface area (Å²) >= 11 is 0. The smallest absolute Gasteiger partial charge is 0.249 e. The second-order valence-corrected chi connectivity index (χ2v) is 17.1. The second kappa shape index (κ2) is 15.3. The van der Waals surface area contributed by atoms with Crippen LogP contribution in [0, 0.1) is 0 Å². The molecule has 2 aromatic heterocycles. The molecule has 2 aromatic carbocycles. The summed E-state index contributed by atoms with van der Waals surface area (Å²) in [7, 11) is 0. The highest BCUT2D eigenvalue weighted by Gasteiger charge is 2.42. The van der Waals surface area contributed by atoms with Gasteiger partial charge in [0, 0.05) is 55.6 Å². The highest BCUT2D eigenvalue weighted by Crippen LogP contribution is 2.46. The predicted octanol–water partition coefficient (Wildman–Crippen LogP) is 4.99. The van der Waals surface area contributed by atoms with E-state index in [4.69, 9.17) is 20.4 Å². The van der Waals surface area contributed by atoms with E-state index in [1.54, 1.807) is 12.1 Å². The fraction of sp³-hybridized carbons (Fsp3) is 0.500. The number of piperidine rings is 2. The van der Waals surface area contributed by atoms with Crippen molar-refractivity contribution < 1.29 is 19.4 Å². The topological polar surface area (TPSA) is 166 Å². The Labute approximate surface area is 338 Å². The minimum absolute atomic E-state index is 0.170. The molecule has 14 heteroatoms. The summed E-state index contributed by atoms with van der Waals surface area (Å²) in [5.74, 6) is 2.83. The Balaban J connectivity index is 0.733. The maximum absolute atomic E-state index is 12.7. The minimum Gasteiger partial charge on any atom is -0.507 e. The second-order valence-electron chi connectivity index (χ2n) is 17.1. The standard InChI is InChI=1S/C44H52N10O4/c45-42-38(22-35(49-50-42)34-4-1-2-7-39(34)55)52-25-31-12-13-32(26-52)54(31)44-46-23-29(24-47-44)27-16-18-51(19-17-27)30-10-8-28(9-11-30)33-5-3-6-36-41(33)58-21-20-53(36)37-14-15-40(56)48-43(37)57/h1-7,22-24,27-28,30-32,37,55H,8-21,25-26H2,(H2,45,50)(H,48,56,57)/t28-,30-,31-,32+,37-/m0/s1. The van der Waals surface area contributed by atoms with Crippen molar-refractivity contribution in [3.05, 3.63) is 72.1 Å². The Morgan fingerprint density at radius 3 is 2.26 bits per heavy atom. The number of fused-ring (bicyclic) bond motifs is 3. The zero-order valence-corrected chi connectivity index (χ0v) is 32.9. The van der Waals surface area contributed by atoms with Crippen LogP contribution in [0.2, 0.25) is 0 Å². The summed E-state index contributed by atoms with van der Waals surface area (Å²) in [5.41, 5.74) is 12.0. The van der Waals surface area contributed by atoms with Crippen molar-refractivity contribution in [2.45, 2.75) is 100 Å². The summed E-state index contributed by atoms with van der Waals surface area (Å²) in [6.07, 6.45) is 14.0. The number of likely N-dealkylation sites (tertiary alicyclic amines) is 1. The Morgan fingerprint density at radius 2 is 1.52 bits per heavy atom. The molecule has 3 atom stereocenters. The number of nitrogens with one attached hydrogen (secondary N) is 1. The number of benzene rings is 2. The van der Waals surface area contributed by atoms with Crippen molar-refractivity contribution in [2.24, 2.45) is 0 Å². The summed E-state index contributed by atoms with van der Waals surface area (Å²) in [4.78, 5) is 44.1. The van der Waals surface area contributed by atoms with Crippen LogP contribution in [0.5, 0.6) is 11.5 Å². The summed E-state index contributed by atoms with van der Waals surface area (Å²) in [5, 5.41) is 21.5. The first kappa shape index (κ1) is 36.8. The van der Waals surface area contributed by atoms with Crippen molar-refractivity contribution in [1.29, 1.82) is 0 Å². The highest BCUT2D eigenvalue weighted by molar-refractivity contribution is 6.02. The van der Waals surface area contributed by atoms with Crippen molar-refractivity contribution in [3.8, 4) is 22.8 Å². The van der Waals surface area contributed by atoms with Crippen LogP contribution in [0.15, 0.2) is 60.9 Å². The van der Waals surface area contributed by atoms with Gasteiger partial charge >= 0.3 is 0 Å². The lowest BCUT2D eigenvalue weighted by atomic mass is 9.79. The fourth-order valence-corrected chi connectivity index (χ4v) is 10.8. The van der Waals surface area contributed by atoms with E-state index in [0.717, 1.165) is 87.8 Å². The maximum atomic E-state index is 12.7. The third-order valence-corrected chi connectivity index (χ3v) is 13.8. The monoisotopic (exact) mass is 784 g/mol. The van der Waals surface area contributed by atoms with Crippen LogP contribution in [-0.4, -0.2) is 105 Å². The molecule has 6 aliphatic rings. The van der Waals surface area contributed by atoms with Gasteiger partial charge in [-0.1, -0.05) is 24.3 Å². The van der Waals surface area contributed by atoms with Gasteiger partial charge in [0.25, 0.3) is 0 Å². The molecule has 10 rings (SSSR count). The molecule has 7 heterocycles. The van der Waals surface area contributed by atoms with E-state index in [2.05, 4.69) is 65.7 Å². The molecular formula is C44H52N10O4. The van der Waals surface area contributed by atoms with Gasteiger partial charge in [0.1, 0.15) is 24.1 Å². The van der Waals surface area contributed by atoms with Crippen LogP contribution < -0.4 is 30.5 Å². The molecule has 5 aliphatic heterocycles. The number of phenolic OH excluding ortho intramolecular Hbond substituents is 1. The number of nitrogens with two attached hydrogens (primary N) is 1. The number of imide groups is 1. The number of nitrogens with zero attached hydrogens (tertiary/aromatic N) is 8. The van der Waals surface area contributed by atoms with Crippen molar-refractivity contribution >= 4 is 35.0 Å². The molecule has 1 saturated carbocycles. The molecule has 302 valence electrons.